The number of hydrogen-bond acceptors (Lipinski definition) is 4. The molecule has 0 fully saturated rings. The average Bonchev–Trinajstić information content (AvgIpc) is 2.82. The second-order valence-electron chi connectivity index (χ2n) is 9.53. The normalized spacial score (nSPS) is 13.2. The van der Waals surface area contributed by atoms with Crippen LogP contribution >= 0.6 is 0 Å². The molecule has 0 aliphatic carbocycles. The molecule has 9 heteroatoms. The number of carbonyl (C=O) groups is 2. The van der Waals surface area contributed by atoms with Crippen molar-refractivity contribution in [3.63, 3.8) is 0 Å². The van der Waals surface area contributed by atoms with Gasteiger partial charge in [0.2, 0.25) is 11.8 Å². The Labute approximate surface area is 216 Å². The molecule has 2 atom stereocenters. The zero-order valence-corrected chi connectivity index (χ0v) is 23.5. The van der Waals surface area contributed by atoms with Crippen LogP contribution in [-0.2, 0) is 26.3 Å². The lowest BCUT2D eigenvalue weighted by molar-refractivity contribution is -0.139. The molecule has 2 aromatic carbocycles. The lowest BCUT2D eigenvalue weighted by atomic mass is 10.1. The van der Waals surface area contributed by atoms with E-state index in [2.05, 4.69) is 5.32 Å². The van der Waals surface area contributed by atoms with Gasteiger partial charge in [-0.25, -0.2) is 4.31 Å². The topological polar surface area (TPSA) is 90.0 Å². The van der Waals surface area contributed by atoms with Crippen LogP contribution in [0.2, 0.25) is 0 Å². The van der Waals surface area contributed by atoms with E-state index in [1.54, 1.807) is 13.0 Å². The molecule has 8 nitrogen and oxygen atoms in total. The Morgan fingerprint density at radius 1 is 0.972 bits per heavy atom. The Hall–Kier alpha value is -2.91. The van der Waals surface area contributed by atoms with Gasteiger partial charge in [0.15, 0.2) is 0 Å². The summed E-state index contributed by atoms with van der Waals surface area (Å²) in [6.07, 6.45) is 0.756. The molecule has 2 amide bonds. The highest BCUT2D eigenvalue weighted by atomic mass is 32.2. The van der Waals surface area contributed by atoms with Crippen molar-refractivity contribution >= 4 is 27.7 Å². The van der Waals surface area contributed by atoms with Gasteiger partial charge in [-0.15, -0.1) is 0 Å². The third kappa shape index (κ3) is 7.07. The van der Waals surface area contributed by atoms with E-state index in [1.165, 1.54) is 19.0 Å². The second kappa shape index (κ2) is 12.4. The number of anilines is 1. The van der Waals surface area contributed by atoms with Crippen LogP contribution in [0.15, 0.2) is 42.5 Å². The van der Waals surface area contributed by atoms with Gasteiger partial charge in [0.1, 0.15) is 12.6 Å². The highest BCUT2D eigenvalue weighted by Crippen LogP contribution is 2.26. The number of amides is 2. The summed E-state index contributed by atoms with van der Waals surface area (Å²) in [7, 11) is -1.12. The van der Waals surface area contributed by atoms with Gasteiger partial charge in [-0.3, -0.25) is 9.59 Å². The fourth-order valence-electron chi connectivity index (χ4n) is 3.71. The van der Waals surface area contributed by atoms with E-state index in [0.717, 1.165) is 37.3 Å². The maximum absolute atomic E-state index is 13.8. The van der Waals surface area contributed by atoms with Crippen molar-refractivity contribution in [1.82, 2.24) is 14.5 Å². The highest BCUT2D eigenvalue weighted by molar-refractivity contribution is 7.90. The van der Waals surface area contributed by atoms with E-state index in [4.69, 9.17) is 0 Å². The predicted octanol–water partition coefficient (Wildman–Crippen LogP) is 3.56. The lowest BCUT2D eigenvalue weighted by Gasteiger charge is -2.34. The maximum Gasteiger partial charge on any atom is 0.304 e. The Morgan fingerprint density at radius 3 is 2.19 bits per heavy atom. The molecule has 2 rings (SSSR count). The molecule has 0 radical (unpaired) electrons. The molecule has 198 valence electrons. The molecule has 0 saturated heterocycles. The summed E-state index contributed by atoms with van der Waals surface area (Å²) >= 11 is 0. The number of rotatable bonds is 11. The molecule has 0 bridgehead atoms. The van der Waals surface area contributed by atoms with Crippen molar-refractivity contribution in [3.8, 4) is 0 Å². The quantitative estimate of drug-likeness (QED) is 0.495. The SMILES string of the molecule is CC[C@H](C)NC(=O)[C@H](C)N(Cc1ccccc1C)C(=O)CN(c1cc(C)ccc1C)S(=O)(=O)N(C)C. The molecular formula is C27H40N4O4S. The summed E-state index contributed by atoms with van der Waals surface area (Å²) in [5.74, 6) is -0.739. The van der Waals surface area contributed by atoms with Crippen molar-refractivity contribution in [2.45, 2.75) is 66.6 Å². The third-order valence-electron chi connectivity index (χ3n) is 6.42. The van der Waals surface area contributed by atoms with Gasteiger partial charge in [-0.2, -0.15) is 12.7 Å². The Morgan fingerprint density at radius 2 is 1.61 bits per heavy atom. The predicted molar refractivity (Wildman–Crippen MR) is 145 cm³/mol. The maximum atomic E-state index is 13.8. The van der Waals surface area contributed by atoms with E-state index in [9.17, 15) is 18.0 Å². The van der Waals surface area contributed by atoms with Crippen LogP contribution in [0.3, 0.4) is 0 Å². The van der Waals surface area contributed by atoms with E-state index >= 15 is 0 Å². The van der Waals surface area contributed by atoms with Gasteiger partial charge < -0.3 is 10.2 Å². The fraction of sp³-hybridized carbons (Fsp3) is 0.481. The van der Waals surface area contributed by atoms with E-state index in [1.807, 2.05) is 71.0 Å². The third-order valence-corrected chi connectivity index (χ3v) is 8.23. The van der Waals surface area contributed by atoms with Crippen LogP contribution in [0.5, 0.6) is 0 Å². The lowest BCUT2D eigenvalue weighted by Crippen LogP contribution is -2.53. The Bertz CT molecular complexity index is 1180. The Balaban J connectivity index is 2.52. The molecule has 36 heavy (non-hydrogen) atoms. The van der Waals surface area contributed by atoms with Crippen LogP contribution < -0.4 is 9.62 Å². The number of nitrogens with one attached hydrogen (secondary N) is 1. The first-order valence-electron chi connectivity index (χ1n) is 12.2. The van der Waals surface area contributed by atoms with Crippen molar-refractivity contribution in [3.05, 3.63) is 64.7 Å². The highest BCUT2D eigenvalue weighted by Gasteiger charge is 2.33. The molecule has 0 spiro atoms. The summed E-state index contributed by atoms with van der Waals surface area (Å²) in [6.45, 7) is 10.9. The van der Waals surface area contributed by atoms with Gasteiger partial charge >= 0.3 is 10.2 Å². The smallest absolute Gasteiger partial charge is 0.304 e. The number of carbonyl (C=O) groups excluding carboxylic acids is 2. The molecule has 0 aliphatic rings. The minimum Gasteiger partial charge on any atom is -0.352 e. The van der Waals surface area contributed by atoms with Crippen molar-refractivity contribution in [1.29, 1.82) is 0 Å². The van der Waals surface area contributed by atoms with Crippen LogP contribution in [0.25, 0.3) is 0 Å². The summed E-state index contributed by atoms with van der Waals surface area (Å²) in [6, 6.07) is 12.3. The van der Waals surface area contributed by atoms with E-state index in [0.29, 0.717) is 5.69 Å². The summed E-state index contributed by atoms with van der Waals surface area (Å²) < 4.78 is 28.9. The van der Waals surface area contributed by atoms with Crippen LogP contribution in [0.4, 0.5) is 5.69 Å². The fourth-order valence-corrected chi connectivity index (χ4v) is 4.82. The monoisotopic (exact) mass is 516 g/mol. The first kappa shape index (κ1) is 29.3. The standard InChI is InChI=1S/C27H40N4O4S/c1-9-22(5)28-27(33)23(6)30(17-24-13-11-10-12-20(24)3)26(32)18-31(36(34,35)29(7)8)25-16-19(2)14-15-21(25)4/h10-16,22-23H,9,17-18H2,1-8H3,(H,28,33)/t22-,23-/m0/s1. The molecule has 0 heterocycles. The molecule has 0 aliphatic heterocycles. The van der Waals surface area contributed by atoms with Crippen LogP contribution in [0.1, 0.15) is 49.4 Å². The van der Waals surface area contributed by atoms with Gasteiger partial charge in [-0.1, -0.05) is 43.3 Å². The molecule has 1 N–H and O–H groups in total. The van der Waals surface area contributed by atoms with Gasteiger partial charge in [-0.05, 0) is 69.4 Å². The van der Waals surface area contributed by atoms with Gasteiger partial charge in [0.25, 0.3) is 0 Å². The first-order chi connectivity index (χ1) is 16.8. The number of aryl methyl sites for hydroxylation is 3. The average molecular weight is 517 g/mol. The van der Waals surface area contributed by atoms with E-state index < -0.39 is 28.7 Å². The molecule has 0 aromatic heterocycles. The summed E-state index contributed by atoms with van der Waals surface area (Å²) in [4.78, 5) is 28.3. The molecular weight excluding hydrogens is 476 g/mol. The number of hydrogen-bond donors (Lipinski definition) is 1. The van der Waals surface area contributed by atoms with Gasteiger partial charge in [0, 0.05) is 26.7 Å². The minimum absolute atomic E-state index is 0.0454. The van der Waals surface area contributed by atoms with Gasteiger partial charge in [0.05, 0.1) is 5.69 Å². The van der Waals surface area contributed by atoms with Crippen molar-refractivity contribution in [2.24, 2.45) is 0 Å². The second-order valence-corrected chi connectivity index (χ2v) is 11.6. The molecule has 0 unspecified atom stereocenters. The van der Waals surface area contributed by atoms with Crippen molar-refractivity contribution in [2.75, 3.05) is 24.9 Å². The first-order valence-corrected chi connectivity index (χ1v) is 13.6. The largest absolute Gasteiger partial charge is 0.352 e. The van der Waals surface area contributed by atoms with E-state index in [-0.39, 0.29) is 18.5 Å². The summed E-state index contributed by atoms with van der Waals surface area (Å²) in [5, 5.41) is 2.94. The zero-order valence-electron chi connectivity index (χ0n) is 22.7. The zero-order chi connectivity index (χ0) is 27.2. The molecule has 0 saturated carbocycles. The van der Waals surface area contributed by atoms with Crippen LogP contribution in [-0.4, -0.2) is 62.2 Å². The summed E-state index contributed by atoms with van der Waals surface area (Å²) in [5.41, 5.74) is 3.91. The molecule has 2 aromatic rings. The Kier molecular flexibility index (Phi) is 10.1. The number of nitrogens with zero attached hydrogens (tertiary/aromatic N) is 3. The number of benzene rings is 2. The van der Waals surface area contributed by atoms with Crippen LogP contribution in [0, 0.1) is 20.8 Å². The minimum atomic E-state index is -3.99. The van der Waals surface area contributed by atoms with Crippen molar-refractivity contribution < 1.29 is 18.0 Å².